The number of benzene rings is 3. The number of carbonyl (C=O) groups excluding carboxylic acids is 1. The molecule has 3 rings (SSSR count). The second-order valence-electron chi connectivity index (χ2n) is 5.53. The second kappa shape index (κ2) is 7.57. The van der Waals surface area contributed by atoms with Crippen LogP contribution in [0.15, 0.2) is 59.7 Å². The van der Waals surface area contributed by atoms with Crippen molar-refractivity contribution in [1.82, 2.24) is 5.43 Å². The Labute approximate surface area is 150 Å². The molecule has 0 bridgehead atoms. The molecule has 0 aliphatic carbocycles. The first kappa shape index (κ1) is 17.3. The van der Waals surface area contributed by atoms with E-state index in [1.54, 1.807) is 44.6 Å². The Hall–Kier alpha value is -3.54. The summed E-state index contributed by atoms with van der Waals surface area (Å²) < 4.78 is 10.4. The molecular weight excluding hydrogens is 332 g/mol. The Balaban J connectivity index is 1.76. The number of phenols is 1. The van der Waals surface area contributed by atoms with Gasteiger partial charge in [0.25, 0.3) is 5.91 Å². The van der Waals surface area contributed by atoms with Crippen LogP contribution in [0.3, 0.4) is 0 Å². The summed E-state index contributed by atoms with van der Waals surface area (Å²) in [7, 11) is 3.10. The number of hydrogen-bond donors (Lipinski definition) is 2. The standard InChI is InChI=1S/C20H18N2O4/c1-25-18-8-7-13(9-19(18)26-2)12-21-22-20(24)16-10-14-5-3-4-6-15(14)11-17(16)23/h3-12,23H,1-2H3,(H,22,24)/b21-12-. The Morgan fingerprint density at radius 2 is 1.69 bits per heavy atom. The van der Waals surface area contributed by atoms with E-state index in [-0.39, 0.29) is 11.3 Å². The molecule has 0 saturated heterocycles. The number of carbonyl (C=O) groups is 1. The van der Waals surface area contributed by atoms with Gasteiger partial charge in [0.1, 0.15) is 5.75 Å². The van der Waals surface area contributed by atoms with Crippen LogP contribution >= 0.6 is 0 Å². The van der Waals surface area contributed by atoms with Crippen LogP contribution in [-0.2, 0) is 0 Å². The lowest BCUT2D eigenvalue weighted by atomic mass is 10.1. The molecule has 3 aromatic rings. The highest BCUT2D eigenvalue weighted by molar-refractivity contribution is 6.01. The average molecular weight is 350 g/mol. The van der Waals surface area contributed by atoms with Crippen LogP contribution in [0.1, 0.15) is 15.9 Å². The van der Waals surface area contributed by atoms with Crippen molar-refractivity contribution in [3.8, 4) is 17.2 Å². The van der Waals surface area contributed by atoms with E-state index in [4.69, 9.17) is 9.47 Å². The van der Waals surface area contributed by atoms with E-state index in [1.165, 1.54) is 6.21 Å². The van der Waals surface area contributed by atoms with Crippen molar-refractivity contribution in [2.75, 3.05) is 14.2 Å². The van der Waals surface area contributed by atoms with Crippen molar-refractivity contribution < 1.29 is 19.4 Å². The van der Waals surface area contributed by atoms with Crippen LogP contribution in [0.4, 0.5) is 0 Å². The minimum atomic E-state index is -0.495. The van der Waals surface area contributed by atoms with Gasteiger partial charge in [0.15, 0.2) is 11.5 Å². The van der Waals surface area contributed by atoms with Crippen LogP contribution < -0.4 is 14.9 Å². The van der Waals surface area contributed by atoms with Gasteiger partial charge in [-0.2, -0.15) is 5.10 Å². The van der Waals surface area contributed by atoms with Crippen molar-refractivity contribution >= 4 is 22.9 Å². The van der Waals surface area contributed by atoms with Crippen molar-refractivity contribution in [3.05, 3.63) is 65.7 Å². The second-order valence-corrected chi connectivity index (χ2v) is 5.53. The molecule has 0 heterocycles. The zero-order valence-electron chi connectivity index (χ0n) is 14.4. The molecule has 132 valence electrons. The van der Waals surface area contributed by atoms with Gasteiger partial charge < -0.3 is 14.6 Å². The maximum atomic E-state index is 12.3. The number of rotatable bonds is 5. The van der Waals surface area contributed by atoms with Crippen LogP contribution in [0.2, 0.25) is 0 Å². The zero-order chi connectivity index (χ0) is 18.5. The third kappa shape index (κ3) is 3.59. The van der Waals surface area contributed by atoms with Crippen molar-refractivity contribution in [2.24, 2.45) is 5.10 Å². The predicted molar refractivity (Wildman–Crippen MR) is 100 cm³/mol. The molecule has 2 N–H and O–H groups in total. The summed E-state index contributed by atoms with van der Waals surface area (Å²) in [6, 6.07) is 15.9. The van der Waals surface area contributed by atoms with Crippen molar-refractivity contribution in [2.45, 2.75) is 0 Å². The molecular formula is C20H18N2O4. The summed E-state index contributed by atoms with van der Waals surface area (Å²) in [4.78, 5) is 12.3. The van der Waals surface area contributed by atoms with Gasteiger partial charge in [-0.05, 0) is 46.7 Å². The molecule has 0 spiro atoms. The Morgan fingerprint density at radius 3 is 2.38 bits per heavy atom. The number of methoxy groups -OCH3 is 2. The third-order valence-electron chi connectivity index (χ3n) is 3.90. The Kier molecular flexibility index (Phi) is 5.03. The minimum Gasteiger partial charge on any atom is -0.507 e. The summed E-state index contributed by atoms with van der Waals surface area (Å²) in [5.41, 5.74) is 3.31. The van der Waals surface area contributed by atoms with Gasteiger partial charge in [0.2, 0.25) is 0 Å². The van der Waals surface area contributed by atoms with Gasteiger partial charge in [-0.1, -0.05) is 24.3 Å². The smallest absolute Gasteiger partial charge is 0.275 e. The first-order valence-electron chi connectivity index (χ1n) is 7.89. The number of ether oxygens (including phenoxy) is 2. The molecule has 0 aliphatic heterocycles. The highest BCUT2D eigenvalue weighted by Gasteiger charge is 2.11. The normalized spacial score (nSPS) is 10.8. The SMILES string of the molecule is COc1ccc(/C=N\NC(=O)c2cc3ccccc3cc2O)cc1OC. The van der Waals surface area contributed by atoms with Crippen LogP contribution in [0.5, 0.6) is 17.2 Å². The first-order valence-corrected chi connectivity index (χ1v) is 7.89. The lowest BCUT2D eigenvalue weighted by Crippen LogP contribution is -2.17. The van der Waals surface area contributed by atoms with Crippen molar-refractivity contribution in [3.63, 3.8) is 0 Å². The lowest BCUT2D eigenvalue weighted by molar-refractivity contribution is 0.0952. The van der Waals surface area contributed by atoms with E-state index in [0.29, 0.717) is 11.5 Å². The minimum absolute atomic E-state index is 0.0949. The van der Waals surface area contributed by atoms with Gasteiger partial charge in [-0.15, -0.1) is 0 Å². The first-order chi connectivity index (χ1) is 12.6. The van der Waals surface area contributed by atoms with Gasteiger partial charge >= 0.3 is 0 Å². The Morgan fingerprint density at radius 1 is 1.00 bits per heavy atom. The highest BCUT2D eigenvalue weighted by atomic mass is 16.5. The van der Waals surface area contributed by atoms with Crippen LogP contribution in [0.25, 0.3) is 10.8 Å². The average Bonchev–Trinajstić information content (AvgIpc) is 2.67. The molecule has 0 unspecified atom stereocenters. The fourth-order valence-electron chi connectivity index (χ4n) is 2.57. The number of nitrogens with zero attached hydrogens (tertiary/aromatic N) is 1. The number of hydrazone groups is 1. The molecule has 1 amide bonds. The quantitative estimate of drug-likeness (QED) is 0.546. The largest absolute Gasteiger partial charge is 0.507 e. The molecule has 0 aliphatic rings. The van der Waals surface area contributed by atoms with E-state index in [2.05, 4.69) is 10.5 Å². The van der Waals surface area contributed by atoms with E-state index >= 15 is 0 Å². The van der Waals surface area contributed by atoms with Crippen LogP contribution in [0, 0.1) is 0 Å². The number of nitrogens with one attached hydrogen (secondary N) is 1. The van der Waals surface area contributed by atoms with Gasteiger partial charge in [0, 0.05) is 0 Å². The maximum Gasteiger partial charge on any atom is 0.275 e. The summed E-state index contributed by atoms with van der Waals surface area (Å²) in [5, 5.41) is 15.7. The summed E-state index contributed by atoms with van der Waals surface area (Å²) in [6.07, 6.45) is 1.48. The maximum absolute atomic E-state index is 12.3. The van der Waals surface area contributed by atoms with E-state index in [0.717, 1.165) is 16.3 Å². The molecule has 0 atom stereocenters. The molecule has 0 aromatic heterocycles. The van der Waals surface area contributed by atoms with Gasteiger partial charge in [-0.3, -0.25) is 4.79 Å². The zero-order valence-corrected chi connectivity index (χ0v) is 14.4. The van der Waals surface area contributed by atoms with Gasteiger partial charge in [0.05, 0.1) is 26.0 Å². The third-order valence-corrected chi connectivity index (χ3v) is 3.90. The van der Waals surface area contributed by atoms with Crippen LogP contribution in [-0.4, -0.2) is 31.4 Å². The number of amides is 1. The topological polar surface area (TPSA) is 80.2 Å². The fourth-order valence-corrected chi connectivity index (χ4v) is 2.57. The molecule has 0 fully saturated rings. The molecule has 0 radical (unpaired) electrons. The lowest BCUT2D eigenvalue weighted by Gasteiger charge is -2.07. The summed E-state index contributed by atoms with van der Waals surface area (Å²) >= 11 is 0. The summed E-state index contributed by atoms with van der Waals surface area (Å²) in [6.45, 7) is 0. The molecule has 6 nitrogen and oxygen atoms in total. The van der Waals surface area contributed by atoms with E-state index in [1.807, 2.05) is 24.3 Å². The highest BCUT2D eigenvalue weighted by Crippen LogP contribution is 2.27. The van der Waals surface area contributed by atoms with Gasteiger partial charge in [-0.25, -0.2) is 5.43 Å². The molecule has 0 saturated carbocycles. The molecule has 26 heavy (non-hydrogen) atoms. The number of phenolic OH excluding ortho intramolecular Hbond substituents is 1. The molecule has 6 heteroatoms. The van der Waals surface area contributed by atoms with E-state index < -0.39 is 5.91 Å². The Bertz CT molecular complexity index is 983. The fraction of sp³-hybridized carbons (Fsp3) is 0.100. The summed E-state index contributed by atoms with van der Waals surface area (Å²) in [5.74, 6) is 0.581. The monoisotopic (exact) mass is 350 g/mol. The van der Waals surface area contributed by atoms with Crippen molar-refractivity contribution in [1.29, 1.82) is 0 Å². The number of aromatic hydroxyl groups is 1. The van der Waals surface area contributed by atoms with E-state index in [9.17, 15) is 9.90 Å². The number of fused-ring (bicyclic) bond motifs is 1. The molecule has 3 aromatic carbocycles. The predicted octanol–water partition coefficient (Wildman–Crippen LogP) is 3.33. The number of hydrogen-bond acceptors (Lipinski definition) is 5.